The lowest BCUT2D eigenvalue weighted by Crippen LogP contribution is -2.48. The molecule has 0 aliphatic carbocycles. The molecule has 1 aliphatic rings. The lowest BCUT2D eigenvalue weighted by Gasteiger charge is -2.36. The maximum atomic E-state index is 5.76. The number of ether oxygens (including phenoxy) is 2. The Hall–Kier alpha value is -0.900. The third kappa shape index (κ3) is 10.9. The third-order valence-electron chi connectivity index (χ3n) is 5.18. The topological polar surface area (TPSA) is 58.1 Å². The lowest BCUT2D eigenvalue weighted by atomic mass is 10.0. The second-order valence-corrected chi connectivity index (χ2v) is 7.85. The summed E-state index contributed by atoms with van der Waals surface area (Å²) < 4.78 is 11.3. The van der Waals surface area contributed by atoms with E-state index in [-0.39, 0.29) is 24.0 Å². The highest BCUT2D eigenvalue weighted by molar-refractivity contribution is 14.0. The summed E-state index contributed by atoms with van der Waals surface area (Å²) in [5.41, 5.74) is 1.23. The van der Waals surface area contributed by atoms with Gasteiger partial charge >= 0.3 is 0 Å². The highest BCUT2D eigenvalue weighted by Gasteiger charge is 2.23. The molecule has 2 N–H and O–H groups in total. The smallest absolute Gasteiger partial charge is 0.191 e. The van der Waals surface area contributed by atoms with E-state index < -0.39 is 0 Å². The van der Waals surface area contributed by atoms with Crippen molar-refractivity contribution in [2.75, 3.05) is 52.5 Å². The molecule has 0 bridgehead atoms. The average Bonchev–Trinajstić information content (AvgIpc) is 2.74. The van der Waals surface area contributed by atoms with Crippen molar-refractivity contribution in [2.45, 2.75) is 46.3 Å². The fourth-order valence-electron chi connectivity index (χ4n) is 3.48. The zero-order chi connectivity index (χ0) is 20.7. The zero-order valence-electron chi connectivity index (χ0n) is 18.9. The van der Waals surface area contributed by atoms with E-state index in [2.05, 4.69) is 48.4 Å². The van der Waals surface area contributed by atoms with Crippen LogP contribution in [0, 0.1) is 5.92 Å². The summed E-state index contributed by atoms with van der Waals surface area (Å²) in [6.45, 7) is 14.4. The predicted molar refractivity (Wildman–Crippen MR) is 136 cm³/mol. The van der Waals surface area contributed by atoms with Crippen LogP contribution >= 0.6 is 24.0 Å². The van der Waals surface area contributed by atoms with Gasteiger partial charge in [0, 0.05) is 38.8 Å². The van der Waals surface area contributed by atoms with E-state index in [1.165, 1.54) is 5.56 Å². The van der Waals surface area contributed by atoms with Crippen LogP contribution in [0.1, 0.15) is 39.2 Å². The standard InChI is InChI=1S/C23H40N4O2.HI/c1-4-24-23(26-18-22(20(2)3)27-13-16-28-17-14-27)25-12-8-9-15-29-19-21-10-6-5-7-11-21;/h5-7,10-11,20,22H,4,8-9,12-19H2,1-3H3,(H2,24,25,26);1H. The van der Waals surface area contributed by atoms with Gasteiger partial charge in [0.15, 0.2) is 5.96 Å². The summed E-state index contributed by atoms with van der Waals surface area (Å²) in [7, 11) is 0. The largest absolute Gasteiger partial charge is 0.379 e. The van der Waals surface area contributed by atoms with Crippen LogP contribution in [0.15, 0.2) is 35.3 Å². The Morgan fingerprint density at radius 1 is 1.13 bits per heavy atom. The van der Waals surface area contributed by atoms with E-state index in [0.29, 0.717) is 18.6 Å². The summed E-state index contributed by atoms with van der Waals surface area (Å²) in [6.07, 6.45) is 2.11. The van der Waals surface area contributed by atoms with Gasteiger partial charge in [-0.2, -0.15) is 0 Å². The van der Waals surface area contributed by atoms with Crippen LogP contribution in [0.2, 0.25) is 0 Å². The maximum absolute atomic E-state index is 5.76. The SMILES string of the molecule is CCNC(=NCC(C(C)C)N1CCOCC1)NCCCCOCc1ccccc1.I. The first kappa shape index (κ1) is 27.1. The quantitative estimate of drug-likeness (QED) is 0.187. The minimum absolute atomic E-state index is 0. The van der Waals surface area contributed by atoms with Crippen LogP contribution in [0.25, 0.3) is 0 Å². The van der Waals surface area contributed by atoms with Gasteiger partial charge in [-0.3, -0.25) is 9.89 Å². The van der Waals surface area contributed by atoms with Crippen molar-refractivity contribution in [3.05, 3.63) is 35.9 Å². The van der Waals surface area contributed by atoms with Gasteiger partial charge in [-0.1, -0.05) is 44.2 Å². The fraction of sp³-hybridized carbons (Fsp3) is 0.696. The molecule has 6 nitrogen and oxygen atoms in total. The van der Waals surface area contributed by atoms with Crippen molar-refractivity contribution in [1.82, 2.24) is 15.5 Å². The molecule has 1 fully saturated rings. The van der Waals surface area contributed by atoms with Crippen molar-refractivity contribution in [2.24, 2.45) is 10.9 Å². The summed E-state index contributed by atoms with van der Waals surface area (Å²) in [4.78, 5) is 7.38. The molecule has 30 heavy (non-hydrogen) atoms. The average molecular weight is 533 g/mol. The molecule has 1 saturated heterocycles. The third-order valence-corrected chi connectivity index (χ3v) is 5.18. The Balaban J connectivity index is 0.00000450. The van der Waals surface area contributed by atoms with Crippen molar-refractivity contribution in [3.8, 4) is 0 Å². The fourth-order valence-corrected chi connectivity index (χ4v) is 3.48. The highest BCUT2D eigenvalue weighted by atomic mass is 127. The number of benzene rings is 1. The Morgan fingerprint density at radius 2 is 1.87 bits per heavy atom. The Morgan fingerprint density at radius 3 is 2.53 bits per heavy atom. The first-order valence-electron chi connectivity index (χ1n) is 11.2. The molecule has 0 aromatic heterocycles. The van der Waals surface area contributed by atoms with E-state index in [1.807, 2.05) is 18.2 Å². The second kappa shape index (κ2) is 16.8. The molecule has 0 spiro atoms. The minimum atomic E-state index is 0. The van der Waals surface area contributed by atoms with Gasteiger partial charge in [0.25, 0.3) is 0 Å². The predicted octanol–water partition coefficient (Wildman–Crippen LogP) is 3.51. The Kier molecular flexibility index (Phi) is 15.2. The van der Waals surface area contributed by atoms with Crippen LogP contribution in [0.3, 0.4) is 0 Å². The Bertz CT molecular complexity index is 566. The molecular weight excluding hydrogens is 491 g/mol. The molecule has 172 valence electrons. The molecule has 0 radical (unpaired) electrons. The van der Waals surface area contributed by atoms with Gasteiger partial charge in [0.2, 0.25) is 0 Å². The Labute approximate surface area is 200 Å². The zero-order valence-corrected chi connectivity index (χ0v) is 21.3. The molecule has 1 aliphatic heterocycles. The monoisotopic (exact) mass is 532 g/mol. The normalized spacial score (nSPS) is 16.2. The summed E-state index contributed by atoms with van der Waals surface area (Å²) in [5, 5.41) is 6.83. The van der Waals surface area contributed by atoms with Crippen molar-refractivity contribution < 1.29 is 9.47 Å². The number of hydrogen-bond acceptors (Lipinski definition) is 4. The molecule has 1 heterocycles. The number of rotatable bonds is 12. The number of nitrogens with one attached hydrogen (secondary N) is 2. The van der Waals surface area contributed by atoms with Crippen molar-refractivity contribution >= 4 is 29.9 Å². The number of hydrogen-bond donors (Lipinski definition) is 2. The highest BCUT2D eigenvalue weighted by Crippen LogP contribution is 2.13. The minimum Gasteiger partial charge on any atom is -0.379 e. The van der Waals surface area contributed by atoms with Gasteiger partial charge in [0.1, 0.15) is 0 Å². The second-order valence-electron chi connectivity index (χ2n) is 7.85. The van der Waals surface area contributed by atoms with Gasteiger partial charge in [-0.25, -0.2) is 0 Å². The summed E-state index contributed by atoms with van der Waals surface area (Å²) >= 11 is 0. The van der Waals surface area contributed by atoms with Crippen LogP contribution in [-0.2, 0) is 16.1 Å². The van der Waals surface area contributed by atoms with Crippen LogP contribution in [-0.4, -0.2) is 69.4 Å². The van der Waals surface area contributed by atoms with E-state index >= 15 is 0 Å². The molecule has 0 saturated carbocycles. The van der Waals surface area contributed by atoms with E-state index in [4.69, 9.17) is 14.5 Å². The number of guanidine groups is 1. The van der Waals surface area contributed by atoms with Crippen LogP contribution < -0.4 is 10.6 Å². The number of nitrogens with zero attached hydrogens (tertiary/aromatic N) is 2. The first-order valence-corrected chi connectivity index (χ1v) is 11.2. The molecule has 1 unspecified atom stereocenters. The number of morpholine rings is 1. The van der Waals surface area contributed by atoms with Gasteiger partial charge in [-0.05, 0) is 31.2 Å². The molecule has 2 rings (SSSR count). The molecule has 1 aromatic rings. The van der Waals surface area contributed by atoms with Crippen LogP contribution in [0.5, 0.6) is 0 Å². The summed E-state index contributed by atoms with van der Waals surface area (Å²) in [5.74, 6) is 1.48. The van der Waals surface area contributed by atoms with E-state index in [9.17, 15) is 0 Å². The molecule has 1 atom stereocenters. The lowest BCUT2D eigenvalue weighted by molar-refractivity contribution is 0.00867. The molecule has 7 heteroatoms. The first-order chi connectivity index (χ1) is 14.2. The van der Waals surface area contributed by atoms with Gasteiger partial charge < -0.3 is 20.1 Å². The van der Waals surface area contributed by atoms with E-state index in [0.717, 1.165) is 71.3 Å². The molecular formula is C23H41IN4O2. The number of unbranched alkanes of at least 4 members (excludes halogenated alkanes) is 1. The van der Waals surface area contributed by atoms with Gasteiger partial charge in [-0.15, -0.1) is 24.0 Å². The van der Waals surface area contributed by atoms with E-state index in [1.54, 1.807) is 0 Å². The van der Waals surface area contributed by atoms with Gasteiger partial charge in [0.05, 0.1) is 26.4 Å². The maximum Gasteiger partial charge on any atom is 0.191 e. The van der Waals surface area contributed by atoms with Crippen LogP contribution in [0.4, 0.5) is 0 Å². The van der Waals surface area contributed by atoms with Crippen molar-refractivity contribution in [3.63, 3.8) is 0 Å². The molecule has 1 aromatic carbocycles. The summed E-state index contributed by atoms with van der Waals surface area (Å²) in [6, 6.07) is 10.8. The number of halogens is 1. The number of aliphatic imine (C=N–C) groups is 1. The van der Waals surface area contributed by atoms with Crippen molar-refractivity contribution in [1.29, 1.82) is 0 Å². The molecule has 0 amide bonds.